The van der Waals surface area contributed by atoms with E-state index in [1.54, 1.807) is 4.90 Å². The molecule has 0 radical (unpaired) electrons. The Kier molecular flexibility index (Phi) is 5.82. The largest absolute Gasteiger partial charge is 0.459 e. The van der Waals surface area contributed by atoms with E-state index in [0.29, 0.717) is 31.5 Å². The molecule has 6 nitrogen and oxygen atoms in total. The zero-order valence-corrected chi connectivity index (χ0v) is 13.9. The quantitative estimate of drug-likeness (QED) is 0.601. The molecule has 2 aliphatic heterocycles. The van der Waals surface area contributed by atoms with Gasteiger partial charge in [-0.15, -0.1) is 0 Å². The van der Waals surface area contributed by atoms with E-state index in [1.165, 1.54) is 0 Å². The second kappa shape index (κ2) is 8.26. The van der Waals surface area contributed by atoms with Gasteiger partial charge in [0, 0.05) is 45.6 Å². The number of nitrogens with zero attached hydrogens (tertiary/aromatic N) is 2. The number of esters is 1. The molecule has 0 saturated carbocycles. The van der Waals surface area contributed by atoms with E-state index in [4.69, 9.17) is 9.47 Å². The number of piperidine rings is 1. The first-order chi connectivity index (χ1) is 11.8. The first-order valence-corrected chi connectivity index (χ1v) is 8.54. The fourth-order valence-corrected chi connectivity index (χ4v) is 3.17. The van der Waals surface area contributed by atoms with Crippen molar-refractivity contribution in [3.63, 3.8) is 0 Å². The van der Waals surface area contributed by atoms with Crippen LogP contribution in [0.2, 0.25) is 0 Å². The minimum Gasteiger partial charge on any atom is -0.459 e. The van der Waals surface area contributed by atoms with Crippen LogP contribution < -0.4 is 0 Å². The van der Waals surface area contributed by atoms with Crippen LogP contribution in [0.1, 0.15) is 28.8 Å². The lowest BCUT2D eigenvalue weighted by atomic mass is 10.1. The van der Waals surface area contributed by atoms with Crippen LogP contribution in [0.4, 0.5) is 0 Å². The number of likely N-dealkylation sites (tertiary alicyclic amines) is 1. The summed E-state index contributed by atoms with van der Waals surface area (Å²) >= 11 is 0. The topological polar surface area (TPSA) is 59.1 Å². The Balaban J connectivity index is 1.61. The normalized spacial score (nSPS) is 19.9. The Morgan fingerprint density at radius 3 is 2.58 bits per heavy atom. The Morgan fingerprint density at radius 2 is 1.88 bits per heavy atom. The van der Waals surface area contributed by atoms with Crippen LogP contribution in [0, 0.1) is 0 Å². The first-order valence-electron chi connectivity index (χ1n) is 8.54. The molecule has 24 heavy (non-hydrogen) atoms. The van der Waals surface area contributed by atoms with Gasteiger partial charge >= 0.3 is 5.97 Å². The molecule has 0 aromatic heterocycles. The van der Waals surface area contributed by atoms with Gasteiger partial charge in [0.25, 0.3) is 0 Å². The number of hydrogen-bond acceptors (Lipinski definition) is 5. The fraction of sp³-hybridized carbons (Fsp3) is 0.556. The van der Waals surface area contributed by atoms with Crippen LogP contribution in [0.3, 0.4) is 0 Å². The van der Waals surface area contributed by atoms with Crippen molar-refractivity contribution in [3.8, 4) is 0 Å². The molecule has 0 aliphatic carbocycles. The second-order valence-electron chi connectivity index (χ2n) is 6.29. The highest BCUT2D eigenvalue weighted by Gasteiger charge is 2.23. The minimum absolute atomic E-state index is 0.106. The van der Waals surface area contributed by atoms with E-state index in [9.17, 15) is 9.59 Å². The maximum atomic E-state index is 12.6. The highest BCUT2D eigenvalue weighted by Crippen LogP contribution is 2.18. The molecule has 0 spiro atoms. The van der Waals surface area contributed by atoms with E-state index in [1.807, 2.05) is 24.3 Å². The summed E-state index contributed by atoms with van der Waals surface area (Å²) in [6, 6.07) is 7.64. The number of hydrogen-bond donors (Lipinski definition) is 0. The molecule has 0 N–H and O–H groups in total. The molecule has 2 aliphatic rings. The number of ether oxygens (including phenoxy) is 2. The van der Waals surface area contributed by atoms with Crippen LogP contribution in [0.15, 0.2) is 24.3 Å². The van der Waals surface area contributed by atoms with Crippen molar-refractivity contribution in [1.29, 1.82) is 0 Å². The third-order valence-electron chi connectivity index (χ3n) is 4.63. The predicted octanol–water partition coefficient (Wildman–Crippen LogP) is 1.30. The van der Waals surface area contributed by atoms with E-state index >= 15 is 0 Å². The van der Waals surface area contributed by atoms with Crippen molar-refractivity contribution in [2.24, 2.45) is 0 Å². The summed E-state index contributed by atoms with van der Waals surface area (Å²) < 4.78 is 11.0. The molecule has 2 fully saturated rings. The average Bonchev–Trinajstić information content (AvgIpc) is 2.63. The number of benzene rings is 1. The highest BCUT2D eigenvalue weighted by molar-refractivity contribution is 5.91. The Bertz CT molecular complexity index is 564. The van der Waals surface area contributed by atoms with Gasteiger partial charge in [0.15, 0.2) is 0 Å². The zero-order valence-electron chi connectivity index (χ0n) is 13.9. The van der Waals surface area contributed by atoms with Gasteiger partial charge in [0.05, 0.1) is 18.8 Å². The molecule has 1 aromatic rings. The van der Waals surface area contributed by atoms with E-state index in [0.717, 1.165) is 44.8 Å². The van der Waals surface area contributed by atoms with Gasteiger partial charge in [-0.2, -0.15) is 0 Å². The summed E-state index contributed by atoms with van der Waals surface area (Å²) in [5.74, 6) is -0.261. The molecular weight excluding hydrogens is 308 g/mol. The molecule has 6 heteroatoms. The molecular formula is C18H24N2O4. The predicted molar refractivity (Wildman–Crippen MR) is 88.6 cm³/mol. The molecule has 2 saturated heterocycles. The highest BCUT2D eigenvalue weighted by atomic mass is 16.5. The van der Waals surface area contributed by atoms with Gasteiger partial charge in [0.2, 0.25) is 6.41 Å². The zero-order chi connectivity index (χ0) is 16.8. The fourth-order valence-electron chi connectivity index (χ4n) is 3.17. The lowest BCUT2D eigenvalue weighted by Gasteiger charge is -2.29. The van der Waals surface area contributed by atoms with Gasteiger partial charge in [-0.05, 0) is 11.6 Å². The molecule has 0 unspecified atom stereocenters. The molecule has 1 amide bonds. The van der Waals surface area contributed by atoms with Gasteiger partial charge in [0.1, 0.15) is 6.10 Å². The van der Waals surface area contributed by atoms with Gasteiger partial charge in [-0.3, -0.25) is 9.69 Å². The molecule has 130 valence electrons. The van der Waals surface area contributed by atoms with Gasteiger partial charge in [-0.25, -0.2) is 4.79 Å². The monoisotopic (exact) mass is 332 g/mol. The van der Waals surface area contributed by atoms with Crippen molar-refractivity contribution < 1.29 is 19.1 Å². The Labute approximate surface area is 142 Å². The SMILES string of the molecule is O=CN1CCC(OC(=O)c2ccccc2CN2CCOCC2)CC1. The van der Waals surface area contributed by atoms with E-state index < -0.39 is 0 Å². The summed E-state index contributed by atoms with van der Waals surface area (Å²) in [6.07, 6.45) is 2.16. The van der Waals surface area contributed by atoms with Gasteiger partial charge < -0.3 is 14.4 Å². The molecule has 2 heterocycles. The lowest BCUT2D eigenvalue weighted by molar-refractivity contribution is -0.120. The Morgan fingerprint density at radius 1 is 1.17 bits per heavy atom. The van der Waals surface area contributed by atoms with E-state index in [2.05, 4.69) is 4.90 Å². The minimum atomic E-state index is -0.261. The van der Waals surface area contributed by atoms with Crippen molar-refractivity contribution in [2.75, 3.05) is 39.4 Å². The number of rotatable bonds is 5. The molecule has 0 bridgehead atoms. The summed E-state index contributed by atoms with van der Waals surface area (Å²) in [7, 11) is 0. The number of morpholine rings is 1. The second-order valence-corrected chi connectivity index (χ2v) is 6.29. The average molecular weight is 332 g/mol. The maximum absolute atomic E-state index is 12.6. The summed E-state index contributed by atoms with van der Waals surface area (Å²) in [4.78, 5) is 27.3. The van der Waals surface area contributed by atoms with Crippen molar-refractivity contribution in [3.05, 3.63) is 35.4 Å². The third kappa shape index (κ3) is 4.33. The van der Waals surface area contributed by atoms with Crippen molar-refractivity contribution in [2.45, 2.75) is 25.5 Å². The number of amides is 1. The van der Waals surface area contributed by atoms with Crippen molar-refractivity contribution >= 4 is 12.4 Å². The number of carbonyl (C=O) groups excluding carboxylic acids is 2. The third-order valence-corrected chi connectivity index (χ3v) is 4.63. The van der Waals surface area contributed by atoms with Gasteiger partial charge in [-0.1, -0.05) is 18.2 Å². The van der Waals surface area contributed by atoms with Crippen molar-refractivity contribution in [1.82, 2.24) is 9.80 Å². The van der Waals surface area contributed by atoms with Crippen LogP contribution in [0.25, 0.3) is 0 Å². The standard InChI is InChI=1S/C18H24N2O4/c21-14-20-7-5-16(6-8-20)24-18(22)17-4-2-1-3-15(17)13-19-9-11-23-12-10-19/h1-4,14,16H,5-13H2. The smallest absolute Gasteiger partial charge is 0.338 e. The molecule has 0 atom stereocenters. The van der Waals surface area contributed by atoms with Crippen LogP contribution >= 0.6 is 0 Å². The maximum Gasteiger partial charge on any atom is 0.338 e. The summed E-state index contributed by atoms with van der Waals surface area (Å²) in [6.45, 7) is 5.27. The molecule has 3 rings (SSSR count). The van der Waals surface area contributed by atoms with Crippen LogP contribution in [-0.4, -0.2) is 67.7 Å². The van der Waals surface area contributed by atoms with E-state index in [-0.39, 0.29) is 12.1 Å². The number of carbonyl (C=O) groups is 2. The van der Waals surface area contributed by atoms with Crippen LogP contribution in [-0.2, 0) is 20.8 Å². The summed E-state index contributed by atoms with van der Waals surface area (Å²) in [5.41, 5.74) is 1.64. The van der Waals surface area contributed by atoms with Crippen LogP contribution in [0.5, 0.6) is 0 Å². The lowest BCUT2D eigenvalue weighted by Crippen LogP contribution is -2.37. The Hall–Kier alpha value is -1.92. The molecule has 1 aromatic carbocycles. The summed E-state index contributed by atoms with van der Waals surface area (Å²) in [5, 5.41) is 0. The first kappa shape index (κ1) is 16.9.